The zero-order valence-electron chi connectivity index (χ0n) is 41.5. The van der Waals surface area contributed by atoms with Crippen LogP contribution < -0.4 is 0 Å². The molecule has 0 amide bonds. The van der Waals surface area contributed by atoms with E-state index >= 15 is 0 Å². The van der Waals surface area contributed by atoms with Crippen molar-refractivity contribution in [3.8, 4) is 22.5 Å². The van der Waals surface area contributed by atoms with E-state index in [4.69, 9.17) is 1.37 Å². The maximum atomic E-state index is 12.3. The number of hydrogen-bond donors (Lipinski definition) is 1. The first kappa shape index (κ1) is 51.7. The number of aromatic nitrogens is 2. The fourth-order valence-corrected chi connectivity index (χ4v) is 9.99. The predicted octanol–water partition coefficient (Wildman–Crippen LogP) is 17.1. The van der Waals surface area contributed by atoms with Crippen molar-refractivity contribution in [2.75, 3.05) is 0 Å². The van der Waals surface area contributed by atoms with E-state index in [1.807, 2.05) is 26.1 Å². The number of rotatable bonds is 11. The van der Waals surface area contributed by atoms with Crippen LogP contribution in [0, 0.1) is 51.7 Å². The van der Waals surface area contributed by atoms with Crippen LogP contribution in [0.1, 0.15) is 157 Å². The van der Waals surface area contributed by atoms with Gasteiger partial charge in [0, 0.05) is 50.4 Å². The number of carbonyl (C=O) groups excluding carboxylic acids is 1. The topological polar surface area (TPSA) is 63.1 Å². The van der Waals surface area contributed by atoms with Crippen LogP contribution in [0.15, 0.2) is 97.0 Å². The zero-order chi connectivity index (χ0) is 48.3. The summed E-state index contributed by atoms with van der Waals surface area (Å²) in [7, 11) is 0. The van der Waals surface area contributed by atoms with Gasteiger partial charge in [-0.2, -0.15) is 13.2 Å². The number of ketones is 1. The van der Waals surface area contributed by atoms with E-state index in [9.17, 15) is 23.1 Å². The number of benzene rings is 4. The third-order valence-electron chi connectivity index (χ3n) is 13.5. The summed E-state index contributed by atoms with van der Waals surface area (Å²) in [4.78, 5) is 20.9. The molecule has 8 rings (SSSR count). The van der Waals surface area contributed by atoms with Crippen LogP contribution in [0.5, 0.6) is 0 Å². The monoisotopic (exact) mass is 1090 g/mol. The van der Waals surface area contributed by atoms with Crippen LogP contribution in [-0.4, -0.2) is 27.0 Å². The average molecular weight is 1090 g/mol. The third-order valence-corrected chi connectivity index (χ3v) is 13.5. The summed E-state index contributed by atoms with van der Waals surface area (Å²) in [5, 5.41) is 14.4. The zero-order valence-corrected chi connectivity index (χ0v) is 42.9. The summed E-state index contributed by atoms with van der Waals surface area (Å²) < 4.78 is 44.9. The molecule has 0 saturated heterocycles. The molecule has 8 heteroatoms. The molecular formula is C59H69F3IrN2O2-2. The van der Waals surface area contributed by atoms with E-state index < -0.39 is 24.3 Å². The summed E-state index contributed by atoms with van der Waals surface area (Å²) in [6.45, 7) is 13.6. The van der Waals surface area contributed by atoms with E-state index in [0.717, 1.165) is 50.8 Å². The molecule has 4 nitrogen and oxygen atoms in total. The van der Waals surface area contributed by atoms with Crippen LogP contribution in [0.25, 0.3) is 44.1 Å². The minimum absolute atomic E-state index is 0. The van der Waals surface area contributed by atoms with Crippen molar-refractivity contribution in [3.05, 3.63) is 143 Å². The van der Waals surface area contributed by atoms with Crippen molar-refractivity contribution in [2.45, 2.75) is 156 Å². The normalized spacial score (nSPS) is 15.5. The van der Waals surface area contributed by atoms with Crippen molar-refractivity contribution >= 4 is 27.3 Å². The Balaban J connectivity index is 0.000000193. The molecule has 1 N–H and O–H groups in total. The number of hydrogen-bond acceptors (Lipinski definition) is 4. The van der Waals surface area contributed by atoms with E-state index in [2.05, 4.69) is 117 Å². The first-order valence-corrected chi connectivity index (χ1v) is 24.4. The van der Waals surface area contributed by atoms with Gasteiger partial charge in [0.05, 0.1) is 13.6 Å². The molecule has 1 radical (unpaired) electrons. The van der Waals surface area contributed by atoms with Gasteiger partial charge in [0.2, 0.25) is 0 Å². The van der Waals surface area contributed by atoms with Crippen LogP contribution in [0.2, 0.25) is 0 Å². The molecule has 2 aromatic heterocycles. The summed E-state index contributed by atoms with van der Waals surface area (Å²) in [6, 6.07) is 33.3. The molecule has 0 bridgehead atoms. The number of allylic oxidation sites excluding steroid dienone is 2. The van der Waals surface area contributed by atoms with Gasteiger partial charge in [0.25, 0.3) is 0 Å². The minimum Gasteiger partial charge on any atom is -0.512 e. The molecule has 2 saturated carbocycles. The molecule has 2 heterocycles. The van der Waals surface area contributed by atoms with Crippen molar-refractivity contribution < 1.29 is 44.5 Å². The van der Waals surface area contributed by atoms with Crippen molar-refractivity contribution in [1.29, 1.82) is 0 Å². The molecule has 4 aromatic carbocycles. The summed E-state index contributed by atoms with van der Waals surface area (Å²) in [6.07, 6.45) is 12.7. The first-order valence-electron chi connectivity index (χ1n) is 24.9. The maximum absolute atomic E-state index is 12.3. The Morgan fingerprint density at radius 1 is 0.687 bits per heavy atom. The quantitative estimate of drug-likeness (QED) is 0.0798. The summed E-state index contributed by atoms with van der Waals surface area (Å²) in [5.74, 6) is -0.576. The predicted molar refractivity (Wildman–Crippen MR) is 267 cm³/mol. The SMILES string of the molecule is CCC(CC)C(=O)/C=C(\O)C(CC)CC(F)(F)F.Cc1[c-]c(-c2nccc3cc(C4CCCCC4)ccc23)cc(C)c1.[2H]c1cc2cc(C3CCCCC3)ccc2c(-c2[c-]c(C)cc(C)c2)n1.[Ir]. The maximum Gasteiger partial charge on any atom is 0.389 e. The molecule has 1 atom stereocenters. The Kier molecular flexibility index (Phi) is 19.4. The number of alkyl halides is 3. The Hall–Kier alpha value is -4.65. The molecule has 2 aliphatic rings. The number of halogens is 3. The number of aliphatic hydroxyl groups excluding tert-OH is 1. The van der Waals surface area contributed by atoms with Gasteiger partial charge in [-0.05, 0) is 113 Å². The van der Waals surface area contributed by atoms with E-state index in [1.54, 1.807) is 6.92 Å². The number of aliphatic hydroxyl groups is 1. The van der Waals surface area contributed by atoms with Gasteiger partial charge in [-0.25, -0.2) is 0 Å². The second-order valence-corrected chi connectivity index (χ2v) is 18.8. The van der Waals surface area contributed by atoms with Gasteiger partial charge in [-0.3, -0.25) is 4.79 Å². The standard InChI is InChI=1S/2C23H24N.C13H21F3O2.Ir/c2*1-16-12-17(2)14-21(13-16)23-22-9-8-19(15-20(22)10-11-24-23)18-6-4-3-5-7-18;1-4-9(5-2)11(17)7-12(18)10(6-3)8-13(14,15)16;/h2*8-13,15,18H,3-7H2,1-2H3;7,9-10,18H,4-6,8H2,1-3H3;/q2*-1;;/b;;12-7-;/i11D;;;. The summed E-state index contributed by atoms with van der Waals surface area (Å²) >= 11 is 0. The Bertz CT molecular complexity index is 2600. The number of nitrogens with zero attached hydrogens (tertiary/aromatic N) is 2. The number of aryl methyl sites for hydroxylation is 4. The van der Waals surface area contributed by atoms with E-state index in [1.165, 1.54) is 103 Å². The molecule has 67 heavy (non-hydrogen) atoms. The molecule has 1 unspecified atom stereocenters. The van der Waals surface area contributed by atoms with Crippen LogP contribution in [0.4, 0.5) is 13.2 Å². The number of pyridine rings is 2. The Morgan fingerprint density at radius 3 is 1.60 bits per heavy atom. The Labute approximate surface area is 413 Å². The molecule has 6 aromatic rings. The second-order valence-electron chi connectivity index (χ2n) is 18.8. The van der Waals surface area contributed by atoms with Crippen LogP contribution in [-0.2, 0) is 24.9 Å². The van der Waals surface area contributed by atoms with Crippen molar-refractivity contribution in [3.63, 3.8) is 0 Å². The van der Waals surface area contributed by atoms with Gasteiger partial charge in [0.15, 0.2) is 5.78 Å². The van der Waals surface area contributed by atoms with Gasteiger partial charge in [0.1, 0.15) is 0 Å². The van der Waals surface area contributed by atoms with Crippen molar-refractivity contribution in [2.24, 2.45) is 11.8 Å². The van der Waals surface area contributed by atoms with Gasteiger partial charge >= 0.3 is 6.18 Å². The molecule has 0 spiro atoms. The van der Waals surface area contributed by atoms with Gasteiger partial charge in [-0.15, -0.1) is 69.8 Å². The van der Waals surface area contributed by atoms with E-state index in [-0.39, 0.29) is 38.2 Å². The van der Waals surface area contributed by atoms with E-state index in [0.29, 0.717) is 24.9 Å². The molecule has 2 fully saturated rings. The van der Waals surface area contributed by atoms with Crippen LogP contribution >= 0.6 is 0 Å². The summed E-state index contributed by atoms with van der Waals surface area (Å²) in [5.41, 5.74) is 11.7. The molecule has 359 valence electrons. The second kappa shape index (κ2) is 25.1. The van der Waals surface area contributed by atoms with Gasteiger partial charge in [-0.1, -0.05) is 123 Å². The molecule has 0 aliphatic heterocycles. The fourth-order valence-electron chi connectivity index (χ4n) is 9.99. The number of carbonyl (C=O) groups is 1. The molecular weight excluding hydrogens is 1020 g/mol. The van der Waals surface area contributed by atoms with Crippen LogP contribution in [0.3, 0.4) is 0 Å². The minimum atomic E-state index is -4.33. The Morgan fingerprint density at radius 2 is 1.15 bits per heavy atom. The smallest absolute Gasteiger partial charge is 0.389 e. The molecule has 2 aliphatic carbocycles. The van der Waals surface area contributed by atoms with Gasteiger partial charge < -0.3 is 15.1 Å². The van der Waals surface area contributed by atoms with Crippen molar-refractivity contribution in [1.82, 2.24) is 9.97 Å². The third kappa shape index (κ3) is 14.9. The first-order chi connectivity index (χ1) is 32.0. The fraction of sp³-hybridized carbons (Fsp3) is 0.441. The average Bonchev–Trinajstić information content (AvgIpc) is 3.30. The largest absolute Gasteiger partial charge is 0.512 e. The number of fused-ring (bicyclic) bond motifs is 2.